The summed E-state index contributed by atoms with van der Waals surface area (Å²) in [7, 11) is 3.36. The number of aromatic nitrogens is 3. The fourth-order valence-corrected chi connectivity index (χ4v) is 3.68. The van der Waals surface area contributed by atoms with Gasteiger partial charge in [-0.2, -0.15) is 0 Å². The fourth-order valence-electron chi connectivity index (χ4n) is 3.68. The van der Waals surface area contributed by atoms with Crippen LogP contribution in [0.5, 0.6) is 0 Å². The molecule has 2 aliphatic rings. The second kappa shape index (κ2) is 5.92. The molecule has 8 nitrogen and oxygen atoms in total. The van der Waals surface area contributed by atoms with Crippen molar-refractivity contribution in [1.29, 1.82) is 0 Å². The molecule has 1 aromatic heterocycles. The molecule has 23 heavy (non-hydrogen) atoms. The summed E-state index contributed by atoms with van der Waals surface area (Å²) in [6.45, 7) is 4.96. The summed E-state index contributed by atoms with van der Waals surface area (Å²) in [6.07, 6.45) is 2.30. The Hall–Kier alpha value is -1.96. The third-order valence-electron chi connectivity index (χ3n) is 5.09. The van der Waals surface area contributed by atoms with Crippen molar-refractivity contribution >= 4 is 11.8 Å². The monoisotopic (exact) mass is 321 g/mol. The molecule has 2 fully saturated rings. The molecule has 1 aromatic rings. The minimum Gasteiger partial charge on any atom is -0.383 e. The summed E-state index contributed by atoms with van der Waals surface area (Å²) in [5.41, 5.74) is -0.460. The van der Waals surface area contributed by atoms with E-state index in [1.165, 1.54) is 11.0 Å². The molecule has 1 spiro atoms. The number of carbonyl (C=O) groups excluding carboxylic acids is 2. The van der Waals surface area contributed by atoms with Crippen LogP contribution in [0.2, 0.25) is 0 Å². The minimum atomic E-state index is -0.460. The molecule has 2 atom stereocenters. The van der Waals surface area contributed by atoms with Crippen LogP contribution in [0.1, 0.15) is 24.0 Å². The topological polar surface area (TPSA) is 80.6 Å². The zero-order valence-corrected chi connectivity index (χ0v) is 13.9. The largest absolute Gasteiger partial charge is 0.383 e. The molecule has 0 saturated carbocycles. The maximum atomic E-state index is 12.9. The minimum absolute atomic E-state index is 0.134. The van der Waals surface area contributed by atoms with Crippen LogP contribution in [-0.4, -0.2) is 76.3 Å². The highest BCUT2D eigenvalue weighted by Gasteiger charge is 2.56. The highest BCUT2D eigenvalue weighted by molar-refractivity contribution is 5.92. The van der Waals surface area contributed by atoms with Crippen molar-refractivity contribution < 1.29 is 14.3 Å². The van der Waals surface area contributed by atoms with Crippen molar-refractivity contribution in [3.05, 3.63) is 12.2 Å². The zero-order valence-electron chi connectivity index (χ0n) is 13.9. The SMILES string of the molecule is COCCN1CC[C@]2(CN(C(=O)c3ncn(C)n3)C[C@H]2C)C1=O. The average molecular weight is 321 g/mol. The maximum absolute atomic E-state index is 12.9. The predicted molar refractivity (Wildman–Crippen MR) is 81.6 cm³/mol. The number of ether oxygens (including phenoxy) is 1. The first-order valence-corrected chi connectivity index (χ1v) is 7.91. The van der Waals surface area contributed by atoms with Crippen LogP contribution in [0.4, 0.5) is 0 Å². The molecule has 0 unspecified atom stereocenters. The third kappa shape index (κ3) is 2.60. The maximum Gasteiger partial charge on any atom is 0.293 e. The Labute approximate surface area is 135 Å². The van der Waals surface area contributed by atoms with Gasteiger partial charge in [0.15, 0.2) is 0 Å². The van der Waals surface area contributed by atoms with E-state index in [0.717, 1.165) is 13.0 Å². The smallest absolute Gasteiger partial charge is 0.293 e. The summed E-state index contributed by atoms with van der Waals surface area (Å²) in [5, 5.41) is 4.07. The van der Waals surface area contributed by atoms with E-state index in [0.29, 0.717) is 26.2 Å². The van der Waals surface area contributed by atoms with E-state index in [9.17, 15) is 9.59 Å². The van der Waals surface area contributed by atoms with Crippen LogP contribution in [0.25, 0.3) is 0 Å². The van der Waals surface area contributed by atoms with Gasteiger partial charge in [-0.1, -0.05) is 6.92 Å². The first-order chi connectivity index (χ1) is 11.0. The Morgan fingerprint density at radius 1 is 1.52 bits per heavy atom. The molecule has 2 saturated heterocycles. The van der Waals surface area contributed by atoms with Gasteiger partial charge >= 0.3 is 0 Å². The second-order valence-electron chi connectivity index (χ2n) is 6.52. The highest BCUT2D eigenvalue weighted by atomic mass is 16.5. The van der Waals surface area contributed by atoms with E-state index in [1.807, 2.05) is 4.90 Å². The van der Waals surface area contributed by atoms with E-state index < -0.39 is 5.41 Å². The normalized spacial score (nSPS) is 27.4. The van der Waals surface area contributed by atoms with E-state index in [2.05, 4.69) is 17.0 Å². The molecule has 126 valence electrons. The molecule has 0 aromatic carbocycles. The number of hydrogen-bond donors (Lipinski definition) is 0. The van der Waals surface area contributed by atoms with E-state index in [-0.39, 0.29) is 23.6 Å². The lowest BCUT2D eigenvalue weighted by molar-refractivity contribution is -0.137. The van der Waals surface area contributed by atoms with Gasteiger partial charge in [0.2, 0.25) is 11.7 Å². The summed E-state index contributed by atoms with van der Waals surface area (Å²) < 4.78 is 6.58. The number of carbonyl (C=O) groups is 2. The lowest BCUT2D eigenvalue weighted by Crippen LogP contribution is -2.41. The van der Waals surface area contributed by atoms with Crippen LogP contribution in [0.3, 0.4) is 0 Å². The molecule has 0 bridgehead atoms. The first-order valence-electron chi connectivity index (χ1n) is 7.91. The molecular formula is C15H23N5O3. The molecule has 8 heteroatoms. The molecule has 0 aliphatic carbocycles. The van der Waals surface area contributed by atoms with Crippen LogP contribution >= 0.6 is 0 Å². The molecule has 3 rings (SSSR count). The average Bonchev–Trinajstić information content (AvgIpc) is 3.19. The number of rotatable bonds is 4. The Kier molecular flexibility index (Phi) is 4.09. The number of nitrogens with zero attached hydrogens (tertiary/aromatic N) is 5. The van der Waals surface area contributed by atoms with Gasteiger partial charge in [0.1, 0.15) is 6.33 Å². The van der Waals surface area contributed by atoms with E-state index >= 15 is 0 Å². The second-order valence-corrected chi connectivity index (χ2v) is 6.52. The molecular weight excluding hydrogens is 298 g/mol. The van der Waals surface area contributed by atoms with Gasteiger partial charge in [0.25, 0.3) is 5.91 Å². The predicted octanol–water partition coefficient (Wildman–Crippen LogP) is -0.228. The Bertz CT molecular complexity index is 616. The fraction of sp³-hybridized carbons (Fsp3) is 0.733. The summed E-state index contributed by atoms with van der Waals surface area (Å²) in [4.78, 5) is 33.0. The van der Waals surface area contributed by atoms with E-state index in [4.69, 9.17) is 4.74 Å². The van der Waals surface area contributed by atoms with Gasteiger partial charge in [-0.25, -0.2) is 4.98 Å². The Morgan fingerprint density at radius 2 is 2.30 bits per heavy atom. The number of aryl methyl sites for hydroxylation is 1. The van der Waals surface area contributed by atoms with Gasteiger partial charge in [0, 0.05) is 40.3 Å². The summed E-state index contributed by atoms with van der Waals surface area (Å²) in [6, 6.07) is 0. The van der Waals surface area contributed by atoms with Gasteiger partial charge in [-0.05, 0) is 12.3 Å². The molecule has 0 N–H and O–H groups in total. The molecule has 0 radical (unpaired) electrons. The summed E-state index contributed by atoms with van der Waals surface area (Å²) >= 11 is 0. The lowest BCUT2D eigenvalue weighted by atomic mass is 9.78. The third-order valence-corrected chi connectivity index (χ3v) is 5.09. The Balaban J connectivity index is 1.73. The standard InChI is InChI=1S/C15H23N5O3/c1-11-8-20(13(21)12-16-10-18(2)17-12)9-15(11)4-5-19(14(15)22)6-7-23-3/h10-11H,4-9H2,1-3H3/t11-,15-/m1/s1. The number of amides is 2. The molecule has 2 amide bonds. The molecule has 3 heterocycles. The molecule has 2 aliphatic heterocycles. The highest BCUT2D eigenvalue weighted by Crippen LogP contribution is 2.44. The Morgan fingerprint density at radius 3 is 2.96 bits per heavy atom. The van der Waals surface area contributed by atoms with Crippen molar-refractivity contribution in [2.75, 3.05) is 39.9 Å². The zero-order chi connectivity index (χ0) is 16.6. The van der Waals surface area contributed by atoms with Crippen molar-refractivity contribution in [3.63, 3.8) is 0 Å². The van der Waals surface area contributed by atoms with Crippen LogP contribution < -0.4 is 0 Å². The van der Waals surface area contributed by atoms with E-state index in [1.54, 1.807) is 19.1 Å². The lowest BCUT2D eigenvalue weighted by Gasteiger charge is -2.26. The van der Waals surface area contributed by atoms with Crippen LogP contribution in [0.15, 0.2) is 6.33 Å². The summed E-state index contributed by atoms with van der Waals surface area (Å²) in [5.74, 6) is 0.275. The van der Waals surface area contributed by atoms with Gasteiger partial charge in [0.05, 0.1) is 12.0 Å². The number of hydrogen-bond acceptors (Lipinski definition) is 5. The van der Waals surface area contributed by atoms with Crippen molar-refractivity contribution in [2.24, 2.45) is 18.4 Å². The quantitative estimate of drug-likeness (QED) is 0.765. The van der Waals surface area contributed by atoms with Crippen LogP contribution in [-0.2, 0) is 16.6 Å². The number of methoxy groups -OCH3 is 1. The first kappa shape index (κ1) is 15.9. The van der Waals surface area contributed by atoms with Gasteiger partial charge in [-0.15, -0.1) is 5.10 Å². The van der Waals surface area contributed by atoms with Gasteiger partial charge in [-0.3, -0.25) is 14.3 Å². The van der Waals surface area contributed by atoms with Crippen molar-refractivity contribution in [1.82, 2.24) is 24.6 Å². The van der Waals surface area contributed by atoms with Crippen molar-refractivity contribution in [3.8, 4) is 0 Å². The van der Waals surface area contributed by atoms with Crippen molar-refractivity contribution in [2.45, 2.75) is 13.3 Å². The number of likely N-dealkylation sites (tertiary alicyclic amines) is 2. The van der Waals surface area contributed by atoms with Gasteiger partial charge < -0.3 is 14.5 Å². The van der Waals surface area contributed by atoms with Crippen LogP contribution in [0, 0.1) is 11.3 Å².